The molecule has 1 aromatic rings. The van der Waals surface area contributed by atoms with Crippen molar-refractivity contribution in [3.63, 3.8) is 0 Å². The van der Waals surface area contributed by atoms with Crippen LogP contribution in [-0.4, -0.2) is 21.0 Å². The third-order valence-corrected chi connectivity index (χ3v) is 5.88. The van der Waals surface area contributed by atoms with Gasteiger partial charge in [0.15, 0.2) is 0 Å². The lowest BCUT2D eigenvalue weighted by molar-refractivity contribution is 0.437. The molecule has 0 saturated carbocycles. The Labute approximate surface area is 127 Å². The van der Waals surface area contributed by atoms with Crippen LogP contribution < -0.4 is 10.0 Å². The van der Waals surface area contributed by atoms with Crippen molar-refractivity contribution in [2.75, 3.05) is 6.54 Å². The number of sulfonamides is 1. The molecule has 6 heteroatoms. The molecule has 0 bridgehead atoms. The van der Waals surface area contributed by atoms with E-state index in [9.17, 15) is 8.42 Å². The van der Waals surface area contributed by atoms with Crippen LogP contribution in [0.5, 0.6) is 0 Å². The van der Waals surface area contributed by atoms with Crippen LogP contribution in [-0.2, 0) is 16.6 Å². The van der Waals surface area contributed by atoms with Gasteiger partial charge in [0, 0.05) is 17.5 Å². The Morgan fingerprint density at radius 1 is 1.30 bits per heavy atom. The van der Waals surface area contributed by atoms with Gasteiger partial charge in [-0.25, -0.2) is 13.1 Å². The number of rotatable bonds is 9. The smallest absolute Gasteiger partial charge is 0.241 e. The van der Waals surface area contributed by atoms with Crippen molar-refractivity contribution in [1.29, 1.82) is 0 Å². The topological polar surface area (TPSA) is 58.2 Å². The lowest BCUT2D eigenvalue weighted by Crippen LogP contribution is -2.38. The maximum atomic E-state index is 12.5. The summed E-state index contributed by atoms with van der Waals surface area (Å²) in [5, 5.41) is 5.10. The Hall–Kier alpha value is -0.430. The number of hydrogen-bond donors (Lipinski definition) is 2. The quantitative estimate of drug-likeness (QED) is 0.688. The fourth-order valence-electron chi connectivity index (χ4n) is 2.03. The molecule has 0 aliphatic heterocycles. The summed E-state index contributed by atoms with van der Waals surface area (Å²) >= 11 is 1.49. The molecule has 0 saturated heterocycles. The largest absolute Gasteiger partial charge is 0.312 e. The molecule has 116 valence electrons. The summed E-state index contributed by atoms with van der Waals surface area (Å²) in [5.41, 5.74) is 0. The average Bonchev–Trinajstić information content (AvgIpc) is 2.85. The Balaban J connectivity index is 2.84. The molecular weight excluding hydrogens is 292 g/mol. The summed E-state index contributed by atoms with van der Waals surface area (Å²) in [5.74, 6) is 0.287. The van der Waals surface area contributed by atoms with E-state index in [4.69, 9.17) is 0 Å². The summed E-state index contributed by atoms with van der Waals surface area (Å²) in [7, 11) is -3.42. The molecule has 0 aromatic carbocycles. The van der Waals surface area contributed by atoms with E-state index in [1.54, 1.807) is 6.07 Å². The van der Waals surface area contributed by atoms with Crippen LogP contribution in [0.15, 0.2) is 16.3 Å². The molecule has 1 aromatic heterocycles. The Morgan fingerprint density at radius 3 is 2.55 bits per heavy atom. The summed E-state index contributed by atoms with van der Waals surface area (Å²) in [6.07, 6.45) is 1.83. The number of nitrogens with one attached hydrogen (secondary N) is 2. The molecular formula is C14H26N2O2S2. The van der Waals surface area contributed by atoms with E-state index in [-0.39, 0.29) is 12.0 Å². The highest BCUT2D eigenvalue weighted by Crippen LogP contribution is 2.23. The molecule has 0 amide bonds. The Kier molecular flexibility index (Phi) is 7.15. The fourth-order valence-corrected chi connectivity index (χ4v) is 4.91. The minimum absolute atomic E-state index is 0.0173. The van der Waals surface area contributed by atoms with Gasteiger partial charge in [-0.1, -0.05) is 27.7 Å². The summed E-state index contributed by atoms with van der Waals surface area (Å²) < 4.78 is 27.8. The third kappa shape index (κ3) is 4.84. The van der Waals surface area contributed by atoms with Gasteiger partial charge in [-0.3, -0.25) is 0 Å². The molecule has 1 heterocycles. The molecule has 0 aliphatic carbocycles. The standard InChI is InChI=1S/C14H26N2O2S2/c1-5-8-15-10-13-14(7-9-19-13)20(17,18)16-12(6-2)11(3)4/h7,9,11-12,15-16H,5-6,8,10H2,1-4H3. The zero-order valence-corrected chi connectivity index (χ0v) is 14.4. The van der Waals surface area contributed by atoms with Crippen LogP contribution in [0.2, 0.25) is 0 Å². The van der Waals surface area contributed by atoms with E-state index in [1.165, 1.54) is 11.3 Å². The van der Waals surface area contributed by atoms with Gasteiger partial charge in [0.2, 0.25) is 10.0 Å². The summed E-state index contributed by atoms with van der Waals surface area (Å²) in [6, 6.07) is 1.68. The van der Waals surface area contributed by atoms with Crippen molar-refractivity contribution in [1.82, 2.24) is 10.0 Å². The highest BCUT2D eigenvalue weighted by Gasteiger charge is 2.24. The van der Waals surface area contributed by atoms with Crippen molar-refractivity contribution < 1.29 is 8.42 Å². The molecule has 4 nitrogen and oxygen atoms in total. The predicted octanol–water partition coefficient (Wildman–Crippen LogP) is 2.96. The van der Waals surface area contributed by atoms with E-state index in [2.05, 4.69) is 17.0 Å². The van der Waals surface area contributed by atoms with E-state index < -0.39 is 10.0 Å². The Morgan fingerprint density at radius 2 is 2.00 bits per heavy atom. The van der Waals surface area contributed by atoms with E-state index in [0.717, 1.165) is 24.3 Å². The average molecular weight is 319 g/mol. The highest BCUT2D eigenvalue weighted by atomic mass is 32.2. The first-order valence-electron chi connectivity index (χ1n) is 7.21. The van der Waals surface area contributed by atoms with Gasteiger partial charge in [0.05, 0.1) is 4.90 Å². The zero-order valence-electron chi connectivity index (χ0n) is 12.8. The summed E-state index contributed by atoms with van der Waals surface area (Å²) in [4.78, 5) is 1.30. The predicted molar refractivity (Wildman–Crippen MR) is 85.6 cm³/mol. The van der Waals surface area contributed by atoms with Crippen LogP contribution in [0.4, 0.5) is 0 Å². The van der Waals surface area contributed by atoms with E-state index in [0.29, 0.717) is 11.4 Å². The van der Waals surface area contributed by atoms with Crippen molar-refractivity contribution >= 4 is 21.4 Å². The first-order chi connectivity index (χ1) is 9.42. The normalized spacial score (nSPS) is 13.8. The Bertz CT molecular complexity index is 495. The van der Waals surface area contributed by atoms with Gasteiger partial charge in [0.1, 0.15) is 0 Å². The molecule has 1 atom stereocenters. The number of hydrogen-bond acceptors (Lipinski definition) is 4. The van der Waals surface area contributed by atoms with Gasteiger partial charge in [-0.05, 0) is 36.8 Å². The van der Waals surface area contributed by atoms with Crippen molar-refractivity contribution in [2.45, 2.75) is 58.0 Å². The first-order valence-corrected chi connectivity index (χ1v) is 9.58. The van der Waals surface area contributed by atoms with Gasteiger partial charge < -0.3 is 5.32 Å². The van der Waals surface area contributed by atoms with Crippen LogP contribution in [0.3, 0.4) is 0 Å². The maximum Gasteiger partial charge on any atom is 0.241 e. The molecule has 0 radical (unpaired) electrons. The van der Waals surface area contributed by atoms with Gasteiger partial charge in [-0.15, -0.1) is 11.3 Å². The molecule has 0 aliphatic rings. The second-order valence-corrected chi connectivity index (χ2v) is 7.95. The molecule has 0 spiro atoms. The van der Waals surface area contributed by atoms with Crippen LogP contribution in [0, 0.1) is 5.92 Å². The minimum atomic E-state index is -3.42. The third-order valence-electron chi connectivity index (χ3n) is 3.26. The van der Waals surface area contributed by atoms with E-state index >= 15 is 0 Å². The highest BCUT2D eigenvalue weighted by molar-refractivity contribution is 7.89. The summed E-state index contributed by atoms with van der Waals surface area (Å²) in [6.45, 7) is 9.68. The lowest BCUT2D eigenvalue weighted by Gasteiger charge is -2.20. The SMILES string of the molecule is CCCNCc1sccc1S(=O)(=O)NC(CC)C(C)C. The molecule has 1 unspecified atom stereocenters. The molecule has 20 heavy (non-hydrogen) atoms. The van der Waals surface area contributed by atoms with Crippen LogP contribution >= 0.6 is 11.3 Å². The zero-order chi connectivity index (χ0) is 15.2. The number of thiophene rings is 1. The van der Waals surface area contributed by atoms with Crippen LogP contribution in [0.1, 0.15) is 45.4 Å². The van der Waals surface area contributed by atoms with Crippen molar-refractivity contribution in [3.05, 3.63) is 16.3 Å². The van der Waals surface area contributed by atoms with Gasteiger partial charge in [-0.2, -0.15) is 0 Å². The second kappa shape index (κ2) is 8.12. The maximum absolute atomic E-state index is 12.5. The lowest BCUT2D eigenvalue weighted by atomic mass is 10.0. The second-order valence-electron chi connectivity index (χ2n) is 5.26. The van der Waals surface area contributed by atoms with Crippen molar-refractivity contribution in [2.24, 2.45) is 5.92 Å². The minimum Gasteiger partial charge on any atom is -0.312 e. The molecule has 2 N–H and O–H groups in total. The molecule has 1 rings (SSSR count). The van der Waals surface area contributed by atoms with Crippen molar-refractivity contribution in [3.8, 4) is 0 Å². The van der Waals surface area contributed by atoms with E-state index in [1.807, 2.05) is 26.2 Å². The van der Waals surface area contributed by atoms with Gasteiger partial charge >= 0.3 is 0 Å². The fraction of sp³-hybridized carbons (Fsp3) is 0.714. The van der Waals surface area contributed by atoms with Crippen LogP contribution in [0.25, 0.3) is 0 Å². The monoisotopic (exact) mass is 318 g/mol. The first kappa shape index (κ1) is 17.6. The molecule has 0 fully saturated rings. The van der Waals surface area contributed by atoms with Gasteiger partial charge in [0.25, 0.3) is 0 Å².